The molecule has 0 fully saturated rings. The van der Waals surface area contributed by atoms with Gasteiger partial charge in [0.15, 0.2) is 0 Å². The summed E-state index contributed by atoms with van der Waals surface area (Å²) in [6, 6.07) is 5.43. The molecule has 102 valence electrons. The molecule has 0 aliphatic carbocycles. The van der Waals surface area contributed by atoms with E-state index in [1.54, 1.807) is 20.3 Å². The molecule has 19 heavy (non-hydrogen) atoms. The lowest BCUT2D eigenvalue weighted by molar-refractivity contribution is 0.394. The summed E-state index contributed by atoms with van der Waals surface area (Å²) in [7, 11) is 3.19. The van der Waals surface area contributed by atoms with Crippen molar-refractivity contribution < 1.29 is 13.9 Å². The van der Waals surface area contributed by atoms with Crippen LogP contribution in [0.3, 0.4) is 0 Å². The summed E-state index contributed by atoms with van der Waals surface area (Å²) in [6.45, 7) is 0. The highest BCUT2D eigenvalue weighted by atomic mass is 35.5. The molecule has 0 saturated carbocycles. The maximum atomic E-state index is 5.63. The van der Waals surface area contributed by atoms with Crippen molar-refractivity contribution in [3.8, 4) is 23.0 Å². The Hall–Kier alpha value is -1.75. The Balaban J connectivity index is 2.27. The third-order valence-corrected chi connectivity index (χ3v) is 2.86. The van der Waals surface area contributed by atoms with Gasteiger partial charge in [-0.15, -0.1) is 21.8 Å². The zero-order valence-corrected chi connectivity index (χ0v) is 11.6. The molecule has 2 aromatic rings. The van der Waals surface area contributed by atoms with Gasteiger partial charge in [0.05, 0.1) is 14.2 Å². The molecule has 0 spiro atoms. The number of hydrogen-bond donors (Lipinski definition) is 0. The number of rotatable bonds is 6. The van der Waals surface area contributed by atoms with Gasteiger partial charge in [-0.25, -0.2) is 0 Å². The Morgan fingerprint density at radius 3 is 2.37 bits per heavy atom. The van der Waals surface area contributed by atoms with Crippen LogP contribution in [-0.2, 0) is 6.42 Å². The van der Waals surface area contributed by atoms with Crippen LogP contribution < -0.4 is 9.47 Å². The second kappa shape index (κ2) is 6.43. The number of alkyl halides is 1. The normalized spacial score (nSPS) is 10.5. The van der Waals surface area contributed by atoms with Crippen LogP contribution in [0.1, 0.15) is 12.3 Å². The van der Waals surface area contributed by atoms with E-state index in [-0.39, 0.29) is 0 Å². The van der Waals surface area contributed by atoms with E-state index in [1.165, 1.54) is 0 Å². The van der Waals surface area contributed by atoms with Crippen molar-refractivity contribution >= 4 is 11.6 Å². The standard InChI is InChI=1S/C13H15ClN2O3/c1-17-10-6-9(7-11(8-10)18-2)13-16-15-12(19-13)4-3-5-14/h6-8H,3-5H2,1-2H3. The fraction of sp³-hybridized carbons (Fsp3) is 0.385. The van der Waals surface area contributed by atoms with E-state index in [4.69, 9.17) is 25.5 Å². The van der Waals surface area contributed by atoms with Gasteiger partial charge < -0.3 is 13.9 Å². The number of aromatic nitrogens is 2. The van der Waals surface area contributed by atoms with Crippen molar-refractivity contribution in [3.05, 3.63) is 24.1 Å². The van der Waals surface area contributed by atoms with E-state index < -0.39 is 0 Å². The Labute approximate surface area is 116 Å². The van der Waals surface area contributed by atoms with Gasteiger partial charge >= 0.3 is 0 Å². The highest BCUT2D eigenvalue weighted by Gasteiger charge is 2.11. The first-order valence-electron chi connectivity index (χ1n) is 5.88. The van der Waals surface area contributed by atoms with Crippen LogP contribution in [0.4, 0.5) is 0 Å². The van der Waals surface area contributed by atoms with E-state index in [2.05, 4.69) is 10.2 Å². The molecule has 0 bridgehead atoms. The van der Waals surface area contributed by atoms with Crippen LogP contribution in [0.25, 0.3) is 11.5 Å². The van der Waals surface area contributed by atoms with Gasteiger partial charge in [0.1, 0.15) is 11.5 Å². The molecule has 0 amide bonds. The van der Waals surface area contributed by atoms with E-state index >= 15 is 0 Å². The average molecular weight is 283 g/mol. The van der Waals surface area contributed by atoms with Crippen molar-refractivity contribution in [1.29, 1.82) is 0 Å². The molecule has 1 heterocycles. The first kappa shape index (κ1) is 13.7. The highest BCUT2D eigenvalue weighted by molar-refractivity contribution is 6.17. The fourth-order valence-electron chi connectivity index (χ4n) is 1.62. The quantitative estimate of drug-likeness (QED) is 0.763. The van der Waals surface area contributed by atoms with Crippen molar-refractivity contribution in [2.24, 2.45) is 0 Å². The summed E-state index contributed by atoms with van der Waals surface area (Å²) in [5.41, 5.74) is 0.765. The first-order chi connectivity index (χ1) is 9.26. The maximum absolute atomic E-state index is 5.63. The van der Waals surface area contributed by atoms with Gasteiger partial charge in [0.2, 0.25) is 11.8 Å². The van der Waals surface area contributed by atoms with E-state index in [9.17, 15) is 0 Å². The summed E-state index contributed by atoms with van der Waals surface area (Å²) in [5, 5.41) is 8.00. The van der Waals surface area contributed by atoms with Crippen LogP contribution in [0, 0.1) is 0 Å². The van der Waals surface area contributed by atoms with Crippen molar-refractivity contribution in [3.63, 3.8) is 0 Å². The van der Waals surface area contributed by atoms with Crippen LogP contribution in [0.2, 0.25) is 0 Å². The number of ether oxygens (including phenoxy) is 2. The third-order valence-electron chi connectivity index (χ3n) is 2.59. The Morgan fingerprint density at radius 2 is 1.79 bits per heavy atom. The molecule has 0 atom stereocenters. The van der Waals surface area contributed by atoms with Gasteiger partial charge in [0.25, 0.3) is 0 Å². The summed E-state index contributed by atoms with van der Waals surface area (Å²) >= 11 is 5.63. The molecule has 0 N–H and O–H groups in total. The maximum Gasteiger partial charge on any atom is 0.248 e. The largest absolute Gasteiger partial charge is 0.497 e. The van der Waals surface area contributed by atoms with Gasteiger partial charge in [-0.1, -0.05) is 0 Å². The smallest absolute Gasteiger partial charge is 0.248 e. The third kappa shape index (κ3) is 3.38. The molecule has 0 aliphatic rings. The number of halogens is 1. The van der Waals surface area contributed by atoms with Crippen molar-refractivity contribution in [1.82, 2.24) is 10.2 Å². The summed E-state index contributed by atoms with van der Waals surface area (Å²) < 4.78 is 16.0. The Bertz CT molecular complexity index is 520. The average Bonchev–Trinajstić information content (AvgIpc) is 2.93. The number of hydrogen-bond acceptors (Lipinski definition) is 5. The monoisotopic (exact) mass is 282 g/mol. The number of aryl methyl sites for hydroxylation is 1. The number of methoxy groups -OCH3 is 2. The van der Waals surface area contributed by atoms with Crippen LogP contribution >= 0.6 is 11.6 Å². The lowest BCUT2D eigenvalue weighted by Gasteiger charge is -2.05. The predicted octanol–water partition coefficient (Wildman–Crippen LogP) is 2.93. The SMILES string of the molecule is COc1cc(OC)cc(-c2nnc(CCCCl)o2)c1. The fourth-order valence-corrected chi connectivity index (χ4v) is 1.75. The molecule has 0 unspecified atom stereocenters. The van der Waals surface area contributed by atoms with Gasteiger partial charge in [-0.2, -0.15) is 0 Å². The molecule has 2 rings (SSSR count). The topological polar surface area (TPSA) is 57.4 Å². The summed E-state index contributed by atoms with van der Waals surface area (Å²) in [4.78, 5) is 0. The Kier molecular flexibility index (Phi) is 4.63. The molecule has 0 aliphatic heterocycles. The van der Waals surface area contributed by atoms with E-state index in [0.29, 0.717) is 35.6 Å². The molecule has 0 saturated heterocycles. The minimum absolute atomic E-state index is 0.446. The second-order valence-electron chi connectivity index (χ2n) is 3.89. The number of nitrogens with zero attached hydrogens (tertiary/aromatic N) is 2. The molecule has 5 nitrogen and oxygen atoms in total. The molecule has 0 radical (unpaired) electrons. The van der Waals surface area contributed by atoms with Crippen LogP contribution in [0.5, 0.6) is 11.5 Å². The second-order valence-corrected chi connectivity index (χ2v) is 4.27. The molecule has 1 aromatic heterocycles. The van der Waals surface area contributed by atoms with E-state index in [0.717, 1.165) is 12.0 Å². The first-order valence-corrected chi connectivity index (χ1v) is 6.42. The minimum atomic E-state index is 0.446. The highest BCUT2D eigenvalue weighted by Crippen LogP contribution is 2.29. The van der Waals surface area contributed by atoms with Gasteiger partial charge in [0, 0.05) is 23.9 Å². The van der Waals surface area contributed by atoms with Crippen LogP contribution in [0.15, 0.2) is 22.6 Å². The van der Waals surface area contributed by atoms with E-state index in [1.807, 2.05) is 12.1 Å². The van der Waals surface area contributed by atoms with Crippen molar-refractivity contribution in [2.45, 2.75) is 12.8 Å². The van der Waals surface area contributed by atoms with Crippen molar-refractivity contribution in [2.75, 3.05) is 20.1 Å². The summed E-state index contributed by atoms with van der Waals surface area (Å²) in [5.74, 6) is 2.95. The molecule has 1 aromatic carbocycles. The molecular weight excluding hydrogens is 268 g/mol. The predicted molar refractivity (Wildman–Crippen MR) is 71.9 cm³/mol. The van der Waals surface area contributed by atoms with Crippen LogP contribution in [-0.4, -0.2) is 30.3 Å². The zero-order valence-electron chi connectivity index (χ0n) is 10.9. The number of benzene rings is 1. The van der Waals surface area contributed by atoms with Gasteiger partial charge in [-0.05, 0) is 18.6 Å². The Morgan fingerprint density at radius 1 is 1.11 bits per heavy atom. The minimum Gasteiger partial charge on any atom is -0.497 e. The molecule has 6 heteroatoms. The lowest BCUT2D eigenvalue weighted by atomic mass is 10.2. The summed E-state index contributed by atoms with van der Waals surface area (Å²) in [6.07, 6.45) is 1.49. The lowest BCUT2D eigenvalue weighted by Crippen LogP contribution is -1.88. The zero-order chi connectivity index (χ0) is 13.7. The molecular formula is C13H15ClN2O3. The van der Waals surface area contributed by atoms with Gasteiger partial charge in [-0.3, -0.25) is 0 Å².